The molecule has 0 unspecified atom stereocenters. The topological polar surface area (TPSA) is 66.5 Å². The van der Waals surface area contributed by atoms with Crippen molar-refractivity contribution in [3.63, 3.8) is 0 Å². The number of sulfonamides is 1. The van der Waals surface area contributed by atoms with Crippen LogP contribution in [0, 0.1) is 13.8 Å². The zero-order valence-electron chi connectivity index (χ0n) is 16.4. The number of rotatable bonds is 6. The van der Waals surface area contributed by atoms with Gasteiger partial charge < -0.3 is 5.32 Å². The molecule has 0 aliphatic heterocycles. The van der Waals surface area contributed by atoms with Gasteiger partial charge in [0.05, 0.1) is 10.6 Å². The lowest BCUT2D eigenvalue weighted by atomic mass is 10.1. The minimum atomic E-state index is -4.00. The van der Waals surface area contributed by atoms with E-state index in [2.05, 4.69) is 5.32 Å². The van der Waals surface area contributed by atoms with Gasteiger partial charge in [-0.1, -0.05) is 29.3 Å². The maximum atomic E-state index is 13.4. The van der Waals surface area contributed by atoms with Crippen molar-refractivity contribution < 1.29 is 13.2 Å². The predicted molar refractivity (Wildman–Crippen MR) is 122 cm³/mol. The Morgan fingerprint density at radius 2 is 1.43 bits per heavy atom. The molecule has 30 heavy (non-hydrogen) atoms. The van der Waals surface area contributed by atoms with Gasteiger partial charge in [-0.2, -0.15) is 0 Å². The Kier molecular flexibility index (Phi) is 6.71. The highest BCUT2D eigenvalue weighted by molar-refractivity contribution is 7.92. The van der Waals surface area contributed by atoms with Crippen molar-refractivity contribution in [2.24, 2.45) is 0 Å². The van der Waals surface area contributed by atoms with E-state index >= 15 is 0 Å². The first-order chi connectivity index (χ1) is 14.2. The van der Waals surface area contributed by atoms with Crippen molar-refractivity contribution in [2.45, 2.75) is 18.7 Å². The number of halogens is 2. The molecule has 0 radical (unpaired) electrons. The van der Waals surface area contributed by atoms with Crippen LogP contribution in [-0.4, -0.2) is 20.9 Å². The maximum Gasteiger partial charge on any atom is 0.264 e. The predicted octanol–water partition coefficient (Wildman–Crippen LogP) is 5.44. The molecule has 5 nitrogen and oxygen atoms in total. The van der Waals surface area contributed by atoms with Crippen LogP contribution in [0.4, 0.5) is 11.4 Å². The Labute approximate surface area is 186 Å². The van der Waals surface area contributed by atoms with Crippen LogP contribution in [0.2, 0.25) is 10.0 Å². The molecule has 156 valence electrons. The zero-order chi connectivity index (χ0) is 21.9. The molecule has 0 aliphatic rings. The highest BCUT2D eigenvalue weighted by Gasteiger charge is 2.27. The maximum absolute atomic E-state index is 13.4. The van der Waals surface area contributed by atoms with Gasteiger partial charge in [0, 0.05) is 15.7 Å². The second-order valence-electron chi connectivity index (χ2n) is 6.79. The van der Waals surface area contributed by atoms with Crippen LogP contribution in [0.3, 0.4) is 0 Å². The van der Waals surface area contributed by atoms with E-state index in [1.54, 1.807) is 36.4 Å². The number of hydrogen-bond donors (Lipinski definition) is 1. The van der Waals surface area contributed by atoms with Crippen molar-refractivity contribution in [1.29, 1.82) is 0 Å². The standard InChI is InChI=1S/C22H20Cl2N2O3S/c1-15-3-10-20(13-16(15)2)26(30(28,29)21-11-6-18(24)7-12-21)14-22(27)25-19-8-4-17(23)5-9-19/h3-13H,14H2,1-2H3,(H,25,27). The summed E-state index contributed by atoms with van der Waals surface area (Å²) in [6, 6.07) is 17.7. The van der Waals surface area contributed by atoms with Gasteiger partial charge in [-0.3, -0.25) is 9.10 Å². The largest absolute Gasteiger partial charge is 0.325 e. The van der Waals surface area contributed by atoms with Crippen molar-refractivity contribution in [2.75, 3.05) is 16.2 Å². The molecule has 0 heterocycles. The average molecular weight is 463 g/mol. The fourth-order valence-corrected chi connectivity index (χ4v) is 4.46. The number of nitrogens with one attached hydrogen (secondary N) is 1. The van der Waals surface area contributed by atoms with E-state index in [0.717, 1.165) is 15.4 Å². The Bertz CT molecular complexity index is 1160. The molecular weight excluding hydrogens is 443 g/mol. The van der Waals surface area contributed by atoms with Crippen LogP contribution >= 0.6 is 23.2 Å². The SMILES string of the molecule is Cc1ccc(N(CC(=O)Nc2ccc(Cl)cc2)S(=O)(=O)c2ccc(Cl)cc2)cc1C. The van der Waals surface area contributed by atoms with E-state index in [0.29, 0.717) is 21.4 Å². The third kappa shape index (κ3) is 5.14. The minimum absolute atomic E-state index is 0.0458. The van der Waals surface area contributed by atoms with E-state index in [1.165, 1.54) is 24.3 Å². The lowest BCUT2D eigenvalue weighted by Crippen LogP contribution is -2.38. The molecule has 3 aromatic rings. The summed E-state index contributed by atoms with van der Waals surface area (Å²) in [5.41, 5.74) is 2.86. The zero-order valence-corrected chi connectivity index (χ0v) is 18.7. The molecular formula is C22H20Cl2N2O3S. The molecule has 0 fully saturated rings. The summed E-state index contributed by atoms with van der Waals surface area (Å²) in [5.74, 6) is -0.479. The van der Waals surface area contributed by atoms with Gasteiger partial charge in [-0.05, 0) is 85.6 Å². The van der Waals surface area contributed by atoms with Gasteiger partial charge in [0.15, 0.2) is 0 Å². The first-order valence-electron chi connectivity index (χ1n) is 9.08. The smallest absolute Gasteiger partial charge is 0.264 e. The van der Waals surface area contributed by atoms with Crippen molar-refractivity contribution in [3.8, 4) is 0 Å². The number of carbonyl (C=O) groups is 1. The van der Waals surface area contributed by atoms with Crippen molar-refractivity contribution >= 4 is 50.5 Å². The molecule has 0 aliphatic carbocycles. The van der Waals surface area contributed by atoms with Gasteiger partial charge in [-0.25, -0.2) is 8.42 Å². The van der Waals surface area contributed by atoms with Gasteiger partial charge >= 0.3 is 0 Å². The monoisotopic (exact) mass is 462 g/mol. The molecule has 0 spiro atoms. The first-order valence-corrected chi connectivity index (χ1v) is 11.3. The molecule has 3 rings (SSSR count). The number of hydrogen-bond acceptors (Lipinski definition) is 3. The van der Waals surface area contributed by atoms with Crippen LogP contribution < -0.4 is 9.62 Å². The molecule has 3 aromatic carbocycles. The van der Waals surface area contributed by atoms with E-state index in [1.807, 2.05) is 19.9 Å². The van der Waals surface area contributed by atoms with E-state index < -0.39 is 22.5 Å². The quantitative estimate of drug-likeness (QED) is 0.529. The second-order valence-corrected chi connectivity index (χ2v) is 9.52. The lowest BCUT2D eigenvalue weighted by molar-refractivity contribution is -0.114. The molecule has 0 aromatic heterocycles. The summed E-state index contributed by atoms with van der Waals surface area (Å²) in [5, 5.41) is 3.66. The first kappa shape index (κ1) is 22.2. The molecule has 0 saturated heterocycles. The third-order valence-electron chi connectivity index (χ3n) is 4.60. The van der Waals surface area contributed by atoms with Crippen molar-refractivity contribution in [1.82, 2.24) is 0 Å². The van der Waals surface area contributed by atoms with Crippen LogP contribution in [0.25, 0.3) is 0 Å². The summed E-state index contributed by atoms with van der Waals surface area (Å²) < 4.78 is 27.8. The molecule has 1 amide bonds. The Morgan fingerprint density at radius 3 is 2.00 bits per heavy atom. The highest BCUT2D eigenvalue weighted by atomic mass is 35.5. The van der Waals surface area contributed by atoms with Gasteiger partial charge in [0.1, 0.15) is 6.54 Å². The number of carbonyl (C=O) groups excluding carboxylic acids is 1. The van der Waals surface area contributed by atoms with Gasteiger partial charge in [-0.15, -0.1) is 0 Å². The molecule has 0 atom stereocenters. The Morgan fingerprint density at radius 1 is 0.867 bits per heavy atom. The summed E-state index contributed by atoms with van der Waals surface area (Å²) in [6.07, 6.45) is 0. The number of amides is 1. The fourth-order valence-electron chi connectivity index (χ4n) is 2.79. The second kappa shape index (κ2) is 9.08. The summed E-state index contributed by atoms with van der Waals surface area (Å²) >= 11 is 11.8. The third-order valence-corrected chi connectivity index (χ3v) is 6.89. The summed E-state index contributed by atoms with van der Waals surface area (Å²) in [7, 11) is -4.00. The van der Waals surface area contributed by atoms with Gasteiger partial charge in [0.25, 0.3) is 10.0 Å². The fraction of sp³-hybridized carbons (Fsp3) is 0.136. The molecule has 0 bridgehead atoms. The van der Waals surface area contributed by atoms with Gasteiger partial charge in [0.2, 0.25) is 5.91 Å². The number of aryl methyl sites for hydroxylation is 2. The van der Waals surface area contributed by atoms with Crippen LogP contribution in [0.1, 0.15) is 11.1 Å². The average Bonchev–Trinajstić information content (AvgIpc) is 2.70. The summed E-state index contributed by atoms with van der Waals surface area (Å²) in [4.78, 5) is 12.7. The van der Waals surface area contributed by atoms with E-state index in [-0.39, 0.29) is 4.90 Å². The number of benzene rings is 3. The lowest BCUT2D eigenvalue weighted by Gasteiger charge is -2.25. The van der Waals surface area contributed by atoms with Crippen LogP contribution in [-0.2, 0) is 14.8 Å². The van der Waals surface area contributed by atoms with Crippen LogP contribution in [0.5, 0.6) is 0 Å². The van der Waals surface area contributed by atoms with E-state index in [4.69, 9.17) is 23.2 Å². The van der Waals surface area contributed by atoms with E-state index in [9.17, 15) is 13.2 Å². The van der Waals surface area contributed by atoms with Crippen LogP contribution in [0.15, 0.2) is 71.6 Å². The summed E-state index contributed by atoms with van der Waals surface area (Å²) in [6.45, 7) is 3.43. The van der Waals surface area contributed by atoms with Crippen molar-refractivity contribution in [3.05, 3.63) is 87.9 Å². The Balaban J connectivity index is 1.96. The molecule has 8 heteroatoms. The number of nitrogens with zero attached hydrogens (tertiary/aromatic N) is 1. The minimum Gasteiger partial charge on any atom is -0.325 e. The normalized spacial score (nSPS) is 11.2. The highest BCUT2D eigenvalue weighted by Crippen LogP contribution is 2.26. The molecule has 0 saturated carbocycles. The molecule has 1 N–H and O–H groups in total. The Hall–Kier alpha value is -2.54. The number of anilines is 2.